The molecule has 174 valence electrons. The van der Waals surface area contributed by atoms with Gasteiger partial charge in [-0.1, -0.05) is 44.1 Å². The Balaban J connectivity index is 1.33. The largest absolute Gasteiger partial charge is 0.339 e. The minimum absolute atomic E-state index is 0.0227. The van der Waals surface area contributed by atoms with Crippen LogP contribution in [0.5, 0.6) is 0 Å². The molecule has 0 bridgehead atoms. The minimum Gasteiger partial charge on any atom is -0.339 e. The molecule has 2 heterocycles. The van der Waals surface area contributed by atoms with Crippen molar-refractivity contribution in [2.24, 2.45) is 0 Å². The molecule has 9 heteroatoms. The van der Waals surface area contributed by atoms with Crippen molar-refractivity contribution in [2.75, 3.05) is 44.6 Å². The molecule has 0 atom stereocenters. The Morgan fingerprint density at radius 1 is 1.16 bits per heavy atom. The fraction of sp³-hybridized carbons (Fsp3) is 0.565. The van der Waals surface area contributed by atoms with E-state index in [0.717, 1.165) is 24.1 Å². The molecule has 0 saturated carbocycles. The van der Waals surface area contributed by atoms with E-state index < -0.39 is 0 Å². The van der Waals surface area contributed by atoms with Gasteiger partial charge in [0.25, 0.3) is 0 Å². The Hall–Kier alpha value is -2.94. The van der Waals surface area contributed by atoms with Crippen LogP contribution in [0.1, 0.15) is 50.4 Å². The number of piperazine rings is 1. The smallest absolute Gasteiger partial charge is 0.317 e. The third kappa shape index (κ3) is 6.78. The fourth-order valence-electron chi connectivity index (χ4n) is 3.60. The number of urea groups is 1. The number of amides is 3. The second kappa shape index (κ2) is 11.6. The second-order valence-corrected chi connectivity index (χ2v) is 8.36. The van der Waals surface area contributed by atoms with Crippen molar-refractivity contribution in [3.05, 3.63) is 41.5 Å². The lowest BCUT2D eigenvalue weighted by Gasteiger charge is -2.34. The summed E-state index contributed by atoms with van der Waals surface area (Å²) in [7, 11) is 0. The van der Waals surface area contributed by atoms with Crippen LogP contribution in [-0.2, 0) is 17.6 Å². The highest BCUT2D eigenvalue weighted by atomic mass is 16.5. The first kappa shape index (κ1) is 23.7. The lowest BCUT2D eigenvalue weighted by atomic mass is 10.1. The topological polar surface area (TPSA) is 104 Å². The van der Waals surface area contributed by atoms with E-state index in [1.807, 2.05) is 38.1 Å². The number of para-hydroxylation sites is 1. The maximum atomic E-state index is 12.4. The van der Waals surface area contributed by atoms with Crippen molar-refractivity contribution in [3.63, 3.8) is 0 Å². The molecule has 2 aromatic rings. The van der Waals surface area contributed by atoms with Gasteiger partial charge in [0, 0.05) is 50.7 Å². The highest BCUT2D eigenvalue weighted by Gasteiger charge is 2.22. The molecule has 9 nitrogen and oxygen atoms in total. The van der Waals surface area contributed by atoms with Crippen LogP contribution in [0.4, 0.5) is 10.5 Å². The van der Waals surface area contributed by atoms with Crippen LogP contribution in [0.15, 0.2) is 28.8 Å². The molecule has 1 aliphatic rings. The van der Waals surface area contributed by atoms with Crippen molar-refractivity contribution in [3.8, 4) is 0 Å². The second-order valence-electron chi connectivity index (χ2n) is 8.36. The lowest BCUT2D eigenvalue weighted by molar-refractivity contribution is -0.117. The highest BCUT2D eigenvalue weighted by molar-refractivity contribution is 5.93. The predicted octanol–water partition coefficient (Wildman–Crippen LogP) is 2.65. The summed E-state index contributed by atoms with van der Waals surface area (Å²) in [5, 5.41) is 9.91. The molecule has 0 radical (unpaired) electrons. The number of nitrogens with zero attached hydrogens (tertiary/aromatic N) is 4. The first-order valence-electron chi connectivity index (χ1n) is 11.4. The minimum atomic E-state index is -0.0700. The van der Waals surface area contributed by atoms with Crippen LogP contribution in [0.3, 0.4) is 0 Å². The summed E-state index contributed by atoms with van der Waals surface area (Å²) in [6.45, 7) is 9.56. The summed E-state index contributed by atoms with van der Waals surface area (Å²) in [6.07, 6.45) is 2.26. The van der Waals surface area contributed by atoms with E-state index >= 15 is 0 Å². The van der Waals surface area contributed by atoms with Crippen LogP contribution in [0, 0.1) is 0 Å². The van der Waals surface area contributed by atoms with Gasteiger partial charge >= 0.3 is 6.03 Å². The van der Waals surface area contributed by atoms with Crippen molar-refractivity contribution >= 4 is 17.6 Å². The first-order valence-corrected chi connectivity index (χ1v) is 11.4. The number of carbonyl (C=O) groups excluding carboxylic acids is 2. The van der Waals surface area contributed by atoms with Gasteiger partial charge < -0.3 is 20.1 Å². The van der Waals surface area contributed by atoms with Crippen LogP contribution < -0.4 is 10.6 Å². The van der Waals surface area contributed by atoms with Gasteiger partial charge in [-0.05, 0) is 24.5 Å². The third-order valence-corrected chi connectivity index (χ3v) is 5.54. The zero-order chi connectivity index (χ0) is 22.9. The Kier molecular flexibility index (Phi) is 8.61. The maximum Gasteiger partial charge on any atom is 0.317 e. The van der Waals surface area contributed by atoms with E-state index in [2.05, 4.69) is 32.6 Å². The first-order chi connectivity index (χ1) is 15.5. The van der Waals surface area contributed by atoms with Crippen LogP contribution in [0.2, 0.25) is 0 Å². The molecule has 32 heavy (non-hydrogen) atoms. The summed E-state index contributed by atoms with van der Waals surface area (Å²) in [4.78, 5) is 33.1. The van der Waals surface area contributed by atoms with Gasteiger partial charge in [0.15, 0.2) is 5.82 Å². The van der Waals surface area contributed by atoms with E-state index in [4.69, 9.17) is 4.52 Å². The van der Waals surface area contributed by atoms with Gasteiger partial charge in [-0.25, -0.2) is 4.79 Å². The van der Waals surface area contributed by atoms with Crippen molar-refractivity contribution < 1.29 is 14.1 Å². The number of carbonyl (C=O) groups is 2. The molecular weight excluding hydrogens is 408 g/mol. The zero-order valence-corrected chi connectivity index (χ0v) is 19.3. The van der Waals surface area contributed by atoms with E-state index in [1.54, 1.807) is 4.90 Å². The van der Waals surface area contributed by atoms with Crippen molar-refractivity contribution in [1.29, 1.82) is 0 Å². The van der Waals surface area contributed by atoms with E-state index in [-0.39, 0.29) is 17.9 Å². The summed E-state index contributed by atoms with van der Waals surface area (Å²) in [6, 6.07) is 7.79. The monoisotopic (exact) mass is 442 g/mol. The van der Waals surface area contributed by atoms with Gasteiger partial charge in [-0.15, -0.1) is 0 Å². The normalized spacial score (nSPS) is 14.6. The molecule has 1 aromatic heterocycles. The summed E-state index contributed by atoms with van der Waals surface area (Å²) in [5.41, 5.74) is 2.00. The highest BCUT2D eigenvalue weighted by Crippen LogP contribution is 2.15. The van der Waals surface area contributed by atoms with Crippen LogP contribution in [0.25, 0.3) is 0 Å². The van der Waals surface area contributed by atoms with Crippen LogP contribution in [-0.4, -0.2) is 71.1 Å². The number of nitrogens with one attached hydrogen (secondary N) is 2. The molecule has 0 aliphatic carbocycles. The molecule has 0 spiro atoms. The molecule has 1 fully saturated rings. The average Bonchev–Trinajstić information content (AvgIpc) is 3.27. The number of benzene rings is 1. The van der Waals surface area contributed by atoms with Gasteiger partial charge in [0.2, 0.25) is 11.8 Å². The standard InChI is InChI=1S/C23H34N6O3/c1-4-18-8-5-6-9-19(18)25-20(30)16-28-12-14-29(15-13-28)23(31)24-11-7-10-21-26-22(17(2)3)27-32-21/h5-6,8-9,17H,4,7,10-16H2,1-3H3,(H,24,31)(H,25,30). The number of aromatic nitrogens is 2. The molecule has 3 amide bonds. The number of hydrogen-bond acceptors (Lipinski definition) is 6. The predicted molar refractivity (Wildman–Crippen MR) is 123 cm³/mol. The SMILES string of the molecule is CCc1ccccc1NC(=O)CN1CCN(C(=O)NCCCc2nc(C(C)C)no2)CC1. The van der Waals surface area contributed by atoms with Gasteiger partial charge in [0.05, 0.1) is 6.54 Å². The number of aryl methyl sites for hydroxylation is 2. The van der Waals surface area contributed by atoms with E-state index in [9.17, 15) is 9.59 Å². The Labute approximate surface area is 189 Å². The third-order valence-electron chi connectivity index (χ3n) is 5.54. The van der Waals surface area contributed by atoms with Crippen molar-refractivity contribution in [1.82, 2.24) is 25.3 Å². The van der Waals surface area contributed by atoms with Crippen LogP contribution >= 0.6 is 0 Å². The van der Waals surface area contributed by atoms with Gasteiger partial charge in [-0.2, -0.15) is 4.98 Å². The number of hydrogen-bond donors (Lipinski definition) is 2. The van der Waals surface area contributed by atoms with Gasteiger partial charge in [0.1, 0.15) is 0 Å². The quantitative estimate of drug-likeness (QED) is 0.579. The van der Waals surface area contributed by atoms with Gasteiger partial charge in [-0.3, -0.25) is 9.69 Å². The Morgan fingerprint density at radius 2 is 1.91 bits per heavy atom. The molecule has 2 N–H and O–H groups in total. The molecule has 3 rings (SSSR count). The summed E-state index contributed by atoms with van der Waals surface area (Å²) >= 11 is 0. The van der Waals surface area contributed by atoms with E-state index in [1.165, 1.54) is 0 Å². The summed E-state index contributed by atoms with van der Waals surface area (Å²) in [5.74, 6) is 1.54. The molecule has 0 unspecified atom stereocenters. The summed E-state index contributed by atoms with van der Waals surface area (Å²) < 4.78 is 5.22. The molecule has 1 saturated heterocycles. The zero-order valence-electron chi connectivity index (χ0n) is 19.3. The number of anilines is 1. The average molecular weight is 443 g/mol. The van der Waals surface area contributed by atoms with Crippen molar-refractivity contribution in [2.45, 2.75) is 46.0 Å². The molecule has 1 aromatic carbocycles. The molecular formula is C23H34N6O3. The maximum absolute atomic E-state index is 12.4. The number of rotatable bonds is 9. The molecule has 1 aliphatic heterocycles. The Morgan fingerprint density at radius 3 is 2.59 bits per heavy atom. The van der Waals surface area contributed by atoms with E-state index in [0.29, 0.717) is 57.4 Å². The lowest BCUT2D eigenvalue weighted by Crippen LogP contribution is -2.53. The fourth-order valence-corrected chi connectivity index (χ4v) is 3.60. The Bertz CT molecular complexity index is 889.